The van der Waals surface area contributed by atoms with Crippen molar-refractivity contribution in [3.8, 4) is 17.5 Å². The van der Waals surface area contributed by atoms with Crippen LogP contribution in [0.1, 0.15) is 91.7 Å². The van der Waals surface area contributed by atoms with Crippen molar-refractivity contribution >= 4 is 80.7 Å². The van der Waals surface area contributed by atoms with Gasteiger partial charge in [-0.15, -0.1) is 4.73 Å². The van der Waals surface area contributed by atoms with Crippen LogP contribution in [0, 0.1) is 6.92 Å². The molecule has 0 saturated heterocycles. The van der Waals surface area contributed by atoms with Gasteiger partial charge in [-0.2, -0.15) is 16.8 Å². The summed E-state index contributed by atoms with van der Waals surface area (Å²) in [4.78, 5) is 74.0. The van der Waals surface area contributed by atoms with Gasteiger partial charge in [-0.25, -0.2) is 4.79 Å². The zero-order valence-electron chi connectivity index (χ0n) is 52.2. The predicted octanol–water partition coefficient (Wildman–Crippen LogP) is 2.94. The van der Waals surface area contributed by atoms with Gasteiger partial charge in [-0.1, -0.05) is 24.6 Å². The molecule has 2 unspecified atom stereocenters. The fraction of sp³-hybridized carbons (Fsp3) is 0.492. The number of aromatic nitrogens is 3. The molecule has 0 spiro atoms. The van der Waals surface area contributed by atoms with Gasteiger partial charge in [0.2, 0.25) is 35.4 Å². The average Bonchev–Trinajstić information content (AvgIpc) is 1.54. The molecule has 4 amide bonds. The predicted molar refractivity (Wildman–Crippen MR) is 335 cm³/mol. The summed E-state index contributed by atoms with van der Waals surface area (Å²) in [5.74, 6) is -7.91. The van der Waals surface area contributed by atoms with Crippen LogP contribution >= 0.6 is 0 Å². The summed E-state index contributed by atoms with van der Waals surface area (Å²) in [5, 5.41) is 28.0. The van der Waals surface area contributed by atoms with Crippen molar-refractivity contribution in [1.82, 2.24) is 40.4 Å². The number of H-pyrrole nitrogens is 1. The highest BCUT2D eigenvalue weighted by Gasteiger charge is 2.55. The molecule has 0 aliphatic carbocycles. The molecular formula is C59H86BF2N11O15S2+2. The number of ether oxygens (including phenoxy) is 1. The van der Waals surface area contributed by atoms with Crippen molar-refractivity contribution in [2.24, 2.45) is 0 Å². The number of unbranched alkanes of at least 4 members (excludes halogenated alkanes) is 2. The number of benzene rings is 1. The molecule has 31 heteroatoms. The monoisotopic (exact) mass is 1300 g/mol. The molecule has 5 heterocycles. The number of aromatic amines is 1. The topological polar surface area (TPSA) is 333 Å². The molecule has 90 heavy (non-hydrogen) atoms. The van der Waals surface area contributed by atoms with Crippen LogP contribution in [0.3, 0.4) is 0 Å². The number of aryl methyl sites for hydroxylation is 2. The minimum Gasteiger partial charge on any atom is -0.494 e. The van der Waals surface area contributed by atoms with Crippen LogP contribution in [0.4, 0.5) is 8.63 Å². The molecular weight excluding hydrogens is 1220 g/mol. The molecule has 2 atom stereocenters. The fourth-order valence-corrected chi connectivity index (χ4v) is 11.6. The summed E-state index contributed by atoms with van der Waals surface area (Å²) in [6.07, 6.45) is 11.5. The van der Waals surface area contributed by atoms with E-state index in [0.29, 0.717) is 83.2 Å². The van der Waals surface area contributed by atoms with Crippen LogP contribution in [0.15, 0.2) is 71.9 Å². The largest absolute Gasteiger partial charge is 0.737 e. The van der Waals surface area contributed by atoms with Gasteiger partial charge in [-0.3, -0.25) is 28.3 Å². The molecule has 4 aromatic rings. The number of carbonyl (C=O) groups is 5. The van der Waals surface area contributed by atoms with Crippen LogP contribution in [0.2, 0.25) is 0 Å². The van der Waals surface area contributed by atoms with E-state index in [2.05, 4.69) is 68.5 Å². The Balaban J connectivity index is 0.993. The highest BCUT2D eigenvalue weighted by Crippen LogP contribution is 2.40. The van der Waals surface area contributed by atoms with E-state index in [1.165, 1.54) is 8.96 Å². The average molecular weight is 1300 g/mol. The molecule has 9 N–H and O–H groups in total. The molecule has 0 bridgehead atoms. The van der Waals surface area contributed by atoms with E-state index in [0.717, 1.165) is 63.9 Å². The molecule has 2 aliphatic heterocycles. The second-order valence-corrected chi connectivity index (χ2v) is 27.7. The number of hydrogen-bond acceptors (Lipinski definition) is 14. The maximum absolute atomic E-state index is 17.6. The number of quaternary nitrogens is 2. The van der Waals surface area contributed by atoms with Crippen LogP contribution in [0.25, 0.3) is 18.2 Å². The van der Waals surface area contributed by atoms with Crippen molar-refractivity contribution in [2.75, 3.05) is 107 Å². The number of carbonyl (C=O) groups excluding carboxylic acids is 5. The van der Waals surface area contributed by atoms with Crippen molar-refractivity contribution in [3.63, 3.8) is 0 Å². The quantitative estimate of drug-likeness (QED) is 0.0137. The minimum atomic E-state index is -4.89. The maximum Gasteiger partial charge on any atom is 0.737 e. The summed E-state index contributed by atoms with van der Waals surface area (Å²) in [7, 11) is 4.62. The van der Waals surface area contributed by atoms with Crippen molar-refractivity contribution in [1.29, 1.82) is 0 Å². The normalized spacial score (nSPS) is 14.8. The number of rotatable bonds is 36. The summed E-state index contributed by atoms with van der Waals surface area (Å²) in [6, 6.07) is 10.9. The summed E-state index contributed by atoms with van der Waals surface area (Å²) in [5.41, 5.74) is 5.62. The highest BCUT2D eigenvalue weighted by atomic mass is 32.2. The zero-order valence-corrected chi connectivity index (χ0v) is 53.8. The van der Waals surface area contributed by atoms with Gasteiger partial charge in [0, 0.05) is 85.7 Å². The van der Waals surface area contributed by atoms with E-state index >= 15 is 8.63 Å². The number of hydrogen-bond donors (Lipinski definition) is 9. The molecule has 3 aromatic heterocycles. The molecule has 6 rings (SSSR count). The Morgan fingerprint density at radius 3 is 1.96 bits per heavy atom. The Bertz CT molecular complexity index is 3570. The zero-order chi connectivity index (χ0) is 66.4. The summed E-state index contributed by atoms with van der Waals surface area (Å²) < 4.78 is 112. The van der Waals surface area contributed by atoms with Crippen LogP contribution < -0.4 is 30.8 Å². The van der Waals surface area contributed by atoms with Gasteiger partial charge in [-0.05, 0) is 100 Å². The molecule has 0 radical (unpaired) electrons. The second-order valence-electron chi connectivity index (χ2n) is 24.7. The minimum absolute atomic E-state index is 0.00333. The number of amides is 4. The highest BCUT2D eigenvalue weighted by molar-refractivity contribution is 7.86. The molecule has 1 aromatic carbocycles. The fourth-order valence-electron chi connectivity index (χ4n) is 10.3. The third kappa shape index (κ3) is 22.1. The lowest BCUT2D eigenvalue weighted by atomic mass is 9.88. The van der Waals surface area contributed by atoms with Gasteiger partial charge < -0.3 is 77.5 Å². The number of allylic oxidation sites excluding steroid dienone is 2. The Morgan fingerprint density at radius 1 is 0.744 bits per heavy atom. The third-order valence-electron chi connectivity index (χ3n) is 14.7. The Morgan fingerprint density at radius 2 is 1.36 bits per heavy atom. The molecule has 0 fully saturated rings. The van der Waals surface area contributed by atoms with Crippen molar-refractivity contribution in [3.05, 3.63) is 106 Å². The molecule has 0 saturated carbocycles. The lowest BCUT2D eigenvalue weighted by Crippen LogP contribution is -2.55. The van der Waals surface area contributed by atoms with Crippen LogP contribution in [-0.4, -0.2) is 230 Å². The van der Waals surface area contributed by atoms with Gasteiger partial charge in [0.05, 0.1) is 68.5 Å². The lowest BCUT2D eigenvalue weighted by molar-refractivity contribution is -0.870. The molecule has 494 valence electrons. The van der Waals surface area contributed by atoms with E-state index in [1.807, 2.05) is 42.2 Å². The van der Waals surface area contributed by atoms with Gasteiger partial charge in [0.15, 0.2) is 11.4 Å². The first kappa shape index (κ1) is 71.4. The number of fused-ring (bicyclic) bond motifs is 2. The third-order valence-corrected chi connectivity index (χ3v) is 16.2. The molecule has 2 aliphatic rings. The van der Waals surface area contributed by atoms with Crippen LogP contribution in [-0.2, 0) is 50.6 Å². The van der Waals surface area contributed by atoms with Gasteiger partial charge in [0.25, 0.3) is 20.2 Å². The number of likely N-dealkylation sites (N-methyl/N-ethyl adjacent to an activating group) is 1. The number of nitrogens with zero attached hydrogens (tertiary/aromatic N) is 6. The second kappa shape index (κ2) is 30.9. The van der Waals surface area contributed by atoms with E-state index in [4.69, 9.17) is 9.57 Å². The summed E-state index contributed by atoms with van der Waals surface area (Å²) in [6.45, 7) is -1.02. The lowest BCUT2D eigenvalue weighted by Gasteiger charge is -2.31. The van der Waals surface area contributed by atoms with E-state index in [-0.39, 0.29) is 39.0 Å². The van der Waals surface area contributed by atoms with E-state index in [1.54, 1.807) is 43.5 Å². The first-order chi connectivity index (χ1) is 42.1. The Labute approximate surface area is 524 Å². The van der Waals surface area contributed by atoms with Gasteiger partial charge in [0.1, 0.15) is 35.0 Å². The van der Waals surface area contributed by atoms with Crippen molar-refractivity contribution < 1.29 is 91.8 Å². The van der Waals surface area contributed by atoms with E-state index < -0.39 is 98.7 Å². The van der Waals surface area contributed by atoms with Gasteiger partial charge >= 0.3 is 12.9 Å². The maximum atomic E-state index is 17.6. The number of halogens is 2. The van der Waals surface area contributed by atoms with Crippen molar-refractivity contribution in [2.45, 2.75) is 83.2 Å². The Kier molecular flexibility index (Phi) is 24.5. The smallest absolute Gasteiger partial charge is 0.494 e. The van der Waals surface area contributed by atoms with Crippen LogP contribution in [0.5, 0.6) is 17.5 Å². The standard InChI is InChI=1S/C59H84BF2N11O15S2/c1-41-19-26-47(65-41)52-36-44(16-13-33-73(6,7)8)51-37-50-43(15-12-32-72(3,4)5)35-45(69(50)60(61,62)70(51)52)23-20-42-21-24-46(25-22-42)87-34-14-17-53(74)66-49(40-90(84,85)86)59(80)64-38-54(75)67-48(39-89(81,82)83)58(79)63-29-31-68(2)30-11-9-10-18-57(78)88-71-55(76)27-28-56(71)77/h19-28,35-37,48-49,65H,9-18,29-34,38-40H2,1-8H3,(H6-2,63,64,66,67,74,75,76,77,79,80,81,82,83,84,85,86)/p+2. The number of aromatic hydroxyl groups is 2. The first-order valence-corrected chi connectivity index (χ1v) is 32.8. The van der Waals surface area contributed by atoms with E-state index in [9.17, 15) is 60.1 Å². The number of nitrogens with one attached hydrogen (secondary N) is 5. The first-order valence-electron chi connectivity index (χ1n) is 29.6. The molecule has 26 nitrogen and oxygen atoms in total. The SMILES string of the molecule is Cc1ccc(C2=[N+]3C(=Cc4c(CCC[N+](C)(C)C)cc(C=Cc5ccc(OCCCC(=O)NC(CS(=O)(=O)O)C(=O)NCC(=O)NC(CS(=O)(=O)O)C(=O)NCCN(C)CCCCCC(=O)On6c(O)ccc6O)cc5)n4[B-]3(F)F)C(CCC[N+](C)(C)C)=C2)[nH]1. The Hall–Kier alpha value is -7.68. The summed E-state index contributed by atoms with van der Waals surface area (Å²) >= 11 is 0.